The summed E-state index contributed by atoms with van der Waals surface area (Å²) in [6.07, 6.45) is 1.57. The molecule has 4 nitrogen and oxygen atoms in total. The predicted molar refractivity (Wildman–Crippen MR) is 51.9 cm³/mol. The van der Waals surface area contributed by atoms with E-state index in [0.717, 1.165) is 6.42 Å². The van der Waals surface area contributed by atoms with Gasteiger partial charge in [-0.25, -0.2) is 5.48 Å². The van der Waals surface area contributed by atoms with E-state index in [1.807, 2.05) is 27.7 Å². The van der Waals surface area contributed by atoms with Gasteiger partial charge in [-0.2, -0.15) is 0 Å². The molecule has 0 unspecified atom stereocenters. The van der Waals surface area contributed by atoms with Gasteiger partial charge in [0.15, 0.2) is 0 Å². The van der Waals surface area contributed by atoms with Crippen LogP contribution < -0.4 is 11.2 Å². The van der Waals surface area contributed by atoms with Gasteiger partial charge in [-0.05, 0) is 27.2 Å². The van der Waals surface area contributed by atoms with Crippen LogP contribution in [-0.2, 0) is 9.63 Å². The molecular weight excluding hydrogens is 168 g/mol. The Kier molecular flexibility index (Phi) is 4.95. The Hall–Kier alpha value is -0.610. The van der Waals surface area contributed by atoms with E-state index in [1.165, 1.54) is 0 Å². The van der Waals surface area contributed by atoms with Crippen LogP contribution in [0.1, 0.15) is 40.5 Å². The number of carbonyl (C=O) groups is 1. The molecular formula is C9H20N2O2. The molecule has 0 saturated heterocycles. The Morgan fingerprint density at radius 3 is 2.46 bits per heavy atom. The zero-order chi connectivity index (χ0) is 10.5. The Morgan fingerprint density at radius 2 is 2.08 bits per heavy atom. The number of hydrogen-bond donors (Lipinski definition) is 2. The lowest BCUT2D eigenvalue weighted by molar-refractivity contribution is -0.147. The first-order valence-corrected chi connectivity index (χ1v) is 4.60. The van der Waals surface area contributed by atoms with Crippen LogP contribution in [0.2, 0.25) is 0 Å². The molecule has 0 aliphatic carbocycles. The van der Waals surface area contributed by atoms with Crippen molar-refractivity contribution in [3.05, 3.63) is 0 Å². The molecule has 0 radical (unpaired) electrons. The molecule has 0 aliphatic rings. The summed E-state index contributed by atoms with van der Waals surface area (Å²) in [5, 5.41) is 0. The first-order chi connectivity index (χ1) is 5.87. The standard InChI is InChI=1S/C9H20N2O2/c1-5-6-7(10)8(12)11-13-9(2,3)4/h7H,5-6,10H2,1-4H3,(H,11,12)/t7-/m1/s1. The Morgan fingerprint density at radius 1 is 1.54 bits per heavy atom. The number of amides is 1. The number of hydrogen-bond acceptors (Lipinski definition) is 3. The molecule has 3 N–H and O–H groups in total. The van der Waals surface area contributed by atoms with Gasteiger partial charge in [0.2, 0.25) is 0 Å². The van der Waals surface area contributed by atoms with E-state index in [9.17, 15) is 4.79 Å². The number of nitrogens with two attached hydrogens (primary N) is 1. The second kappa shape index (κ2) is 5.19. The molecule has 0 heterocycles. The van der Waals surface area contributed by atoms with Gasteiger partial charge in [-0.1, -0.05) is 13.3 Å². The molecule has 78 valence electrons. The third-order valence-corrected chi connectivity index (χ3v) is 1.39. The average Bonchev–Trinajstić information content (AvgIpc) is 1.99. The monoisotopic (exact) mass is 188 g/mol. The summed E-state index contributed by atoms with van der Waals surface area (Å²) in [6.45, 7) is 7.56. The van der Waals surface area contributed by atoms with Crippen molar-refractivity contribution in [3.63, 3.8) is 0 Å². The molecule has 13 heavy (non-hydrogen) atoms. The molecule has 0 rings (SSSR count). The largest absolute Gasteiger partial charge is 0.320 e. The van der Waals surface area contributed by atoms with Crippen LogP contribution in [-0.4, -0.2) is 17.6 Å². The van der Waals surface area contributed by atoms with Crippen LogP contribution in [0.15, 0.2) is 0 Å². The molecule has 0 aliphatic heterocycles. The number of nitrogens with one attached hydrogen (secondary N) is 1. The molecule has 0 saturated carbocycles. The van der Waals surface area contributed by atoms with Gasteiger partial charge in [-0.3, -0.25) is 9.63 Å². The molecule has 4 heteroatoms. The smallest absolute Gasteiger partial charge is 0.260 e. The minimum absolute atomic E-state index is 0.253. The molecule has 0 bridgehead atoms. The highest BCUT2D eigenvalue weighted by atomic mass is 16.7. The van der Waals surface area contributed by atoms with Crippen molar-refractivity contribution in [2.45, 2.75) is 52.2 Å². The fraction of sp³-hybridized carbons (Fsp3) is 0.889. The van der Waals surface area contributed by atoms with Gasteiger partial charge < -0.3 is 5.73 Å². The number of hydroxylamine groups is 1. The lowest BCUT2D eigenvalue weighted by Gasteiger charge is -2.20. The maximum atomic E-state index is 11.2. The highest BCUT2D eigenvalue weighted by Crippen LogP contribution is 2.04. The van der Waals surface area contributed by atoms with Gasteiger partial charge in [0, 0.05) is 0 Å². The molecule has 0 aromatic carbocycles. The second-order valence-corrected chi connectivity index (χ2v) is 4.08. The van der Waals surface area contributed by atoms with E-state index in [2.05, 4.69) is 5.48 Å². The average molecular weight is 188 g/mol. The van der Waals surface area contributed by atoms with E-state index in [4.69, 9.17) is 10.6 Å². The van der Waals surface area contributed by atoms with E-state index in [1.54, 1.807) is 0 Å². The normalized spacial score (nSPS) is 13.9. The van der Waals surface area contributed by atoms with Gasteiger partial charge in [-0.15, -0.1) is 0 Å². The van der Waals surface area contributed by atoms with Gasteiger partial charge in [0.25, 0.3) is 5.91 Å². The van der Waals surface area contributed by atoms with E-state index < -0.39 is 6.04 Å². The number of carbonyl (C=O) groups excluding carboxylic acids is 1. The summed E-state index contributed by atoms with van der Waals surface area (Å²) < 4.78 is 0. The van der Waals surface area contributed by atoms with Crippen molar-refractivity contribution >= 4 is 5.91 Å². The molecule has 1 amide bonds. The zero-order valence-corrected chi connectivity index (χ0v) is 8.89. The summed E-state index contributed by atoms with van der Waals surface area (Å²) in [4.78, 5) is 16.3. The van der Waals surface area contributed by atoms with Crippen LogP contribution >= 0.6 is 0 Å². The summed E-state index contributed by atoms with van der Waals surface area (Å²) in [5.74, 6) is -0.253. The Labute approximate surface area is 79.8 Å². The van der Waals surface area contributed by atoms with Crippen LogP contribution in [0.5, 0.6) is 0 Å². The fourth-order valence-corrected chi connectivity index (χ4v) is 0.721. The molecule has 0 spiro atoms. The van der Waals surface area contributed by atoms with E-state index in [0.29, 0.717) is 6.42 Å². The third-order valence-electron chi connectivity index (χ3n) is 1.39. The lowest BCUT2D eigenvalue weighted by Crippen LogP contribution is -2.43. The zero-order valence-electron chi connectivity index (χ0n) is 8.89. The van der Waals surface area contributed by atoms with Gasteiger partial charge in [0.05, 0.1) is 11.6 Å². The minimum atomic E-state index is -0.465. The maximum absolute atomic E-state index is 11.2. The van der Waals surface area contributed by atoms with Crippen LogP contribution in [0.25, 0.3) is 0 Å². The van der Waals surface area contributed by atoms with Crippen molar-refractivity contribution in [3.8, 4) is 0 Å². The van der Waals surface area contributed by atoms with E-state index >= 15 is 0 Å². The first-order valence-electron chi connectivity index (χ1n) is 4.60. The Balaban J connectivity index is 3.74. The van der Waals surface area contributed by atoms with Crippen LogP contribution in [0, 0.1) is 0 Å². The number of rotatable bonds is 4. The SMILES string of the molecule is CCC[C@@H](N)C(=O)NOC(C)(C)C. The van der Waals surface area contributed by atoms with Gasteiger partial charge >= 0.3 is 0 Å². The van der Waals surface area contributed by atoms with Crippen LogP contribution in [0.4, 0.5) is 0 Å². The summed E-state index contributed by atoms with van der Waals surface area (Å²) >= 11 is 0. The molecule has 0 aromatic rings. The Bertz CT molecular complexity index is 163. The molecule has 0 fully saturated rings. The van der Waals surface area contributed by atoms with Crippen molar-refractivity contribution in [2.75, 3.05) is 0 Å². The topological polar surface area (TPSA) is 64.4 Å². The van der Waals surface area contributed by atoms with Crippen LogP contribution in [0.3, 0.4) is 0 Å². The molecule has 0 aromatic heterocycles. The van der Waals surface area contributed by atoms with Crippen molar-refractivity contribution < 1.29 is 9.63 Å². The summed E-state index contributed by atoms with van der Waals surface area (Å²) in [7, 11) is 0. The summed E-state index contributed by atoms with van der Waals surface area (Å²) in [6, 6.07) is -0.465. The van der Waals surface area contributed by atoms with Gasteiger partial charge in [0.1, 0.15) is 0 Å². The highest BCUT2D eigenvalue weighted by molar-refractivity contribution is 5.80. The molecule has 1 atom stereocenters. The first kappa shape index (κ1) is 12.4. The predicted octanol–water partition coefficient (Wildman–Crippen LogP) is 0.960. The minimum Gasteiger partial charge on any atom is -0.320 e. The van der Waals surface area contributed by atoms with Crippen molar-refractivity contribution in [1.82, 2.24) is 5.48 Å². The maximum Gasteiger partial charge on any atom is 0.260 e. The lowest BCUT2D eigenvalue weighted by atomic mass is 10.2. The second-order valence-electron chi connectivity index (χ2n) is 4.08. The van der Waals surface area contributed by atoms with Crippen molar-refractivity contribution in [2.24, 2.45) is 5.73 Å². The fourth-order valence-electron chi connectivity index (χ4n) is 0.721. The summed E-state index contributed by atoms with van der Waals surface area (Å²) in [5.41, 5.74) is 7.53. The highest BCUT2D eigenvalue weighted by Gasteiger charge is 2.16. The van der Waals surface area contributed by atoms with E-state index in [-0.39, 0.29) is 11.5 Å². The quantitative estimate of drug-likeness (QED) is 0.646. The third kappa shape index (κ3) is 6.54. The van der Waals surface area contributed by atoms with Crippen molar-refractivity contribution in [1.29, 1.82) is 0 Å².